The van der Waals surface area contributed by atoms with E-state index in [-0.39, 0.29) is 5.91 Å². The lowest BCUT2D eigenvalue weighted by molar-refractivity contribution is -0.135. The third kappa shape index (κ3) is 4.25. The summed E-state index contributed by atoms with van der Waals surface area (Å²) in [4.78, 5) is 16.4. The molecule has 2 N–H and O–H groups in total. The SMILES string of the molecule is CCN(C(=O)CCN(C)C)C1CCCCC1CN. The van der Waals surface area contributed by atoms with Gasteiger partial charge in [-0.25, -0.2) is 0 Å². The summed E-state index contributed by atoms with van der Waals surface area (Å²) in [6.07, 6.45) is 5.43. The van der Waals surface area contributed by atoms with Crippen LogP contribution < -0.4 is 5.73 Å². The zero-order chi connectivity index (χ0) is 13.5. The van der Waals surface area contributed by atoms with Crippen molar-refractivity contribution in [3.63, 3.8) is 0 Å². The Hall–Kier alpha value is -0.610. The molecule has 4 nitrogen and oxygen atoms in total. The Labute approximate surface area is 111 Å². The zero-order valence-corrected chi connectivity index (χ0v) is 12.2. The van der Waals surface area contributed by atoms with Crippen molar-refractivity contribution in [2.75, 3.05) is 33.7 Å². The number of nitrogens with zero attached hydrogens (tertiary/aromatic N) is 2. The van der Waals surface area contributed by atoms with Crippen LogP contribution in [0.5, 0.6) is 0 Å². The molecule has 0 saturated heterocycles. The Morgan fingerprint density at radius 2 is 1.94 bits per heavy atom. The number of nitrogens with two attached hydrogens (primary N) is 1. The van der Waals surface area contributed by atoms with E-state index in [1.54, 1.807) is 0 Å². The van der Waals surface area contributed by atoms with Crippen LogP contribution in [-0.2, 0) is 4.79 Å². The van der Waals surface area contributed by atoms with E-state index in [9.17, 15) is 4.79 Å². The molecule has 4 heteroatoms. The van der Waals surface area contributed by atoms with Gasteiger partial charge in [0.2, 0.25) is 5.91 Å². The average Bonchev–Trinajstić information content (AvgIpc) is 2.37. The van der Waals surface area contributed by atoms with Gasteiger partial charge in [-0.3, -0.25) is 4.79 Å². The molecule has 1 amide bonds. The van der Waals surface area contributed by atoms with E-state index in [0.29, 0.717) is 24.9 Å². The first-order valence-electron chi connectivity index (χ1n) is 7.24. The molecule has 0 heterocycles. The van der Waals surface area contributed by atoms with Gasteiger partial charge in [-0.15, -0.1) is 0 Å². The van der Waals surface area contributed by atoms with Crippen molar-refractivity contribution >= 4 is 5.91 Å². The topological polar surface area (TPSA) is 49.6 Å². The van der Waals surface area contributed by atoms with Gasteiger partial charge in [0.25, 0.3) is 0 Å². The Balaban J connectivity index is 2.59. The van der Waals surface area contributed by atoms with Crippen molar-refractivity contribution < 1.29 is 4.79 Å². The van der Waals surface area contributed by atoms with Crippen molar-refractivity contribution in [3.05, 3.63) is 0 Å². The van der Waals surface area contributed by atoms with Crippen LogP contribution in [-0.4, -0.2) is 55.5 Å². The van der Waals surface area contributed by atoms with Crippen LogP contribution in [0.15, 0.2) is 0 Å². The molecule has 1 aliphatic rings. The van der Waals surface area contributed by atoms with E-state index in [1.165, 1.54) is 19.3 Å². The van der Waals surface area contributed by atoms with Gasteiger partial charge >= 0.3 is 0 Å². The number of rotatable bonds is 6. The van der Waals surface area contributed by atoms with Gasteiger partial charge < -0.3 is 15.5 Å². The molecule has 0 aromatic heterocycles. The average molecular weight is 255 g/mol. The fraction of sp³-hybridized carbons (Fsp3) is 0.929. The van der Waals surface area contributed by atoms with E-state index in [4.69, 9.17) is 5.73 Å². The maximum Gasteiger partial charge on any atom is 0.224 e. The summed E-state index contributed by atoms with van der Waals surface area (Å²) in [5, 5.41) is 0. The number of hydrogen-bond donors (Lipinski definition) is 1. The lowest BCUT2D eigenvalue weighted by Crippen LogP contribution is -2.48. The van der Waals surface area contributed by atoms with Gasteiger partial charge in [-0.05, 0) is 46.3 Å². The van der Waals surface area contributed by atoms with Gasteiger partial charge in [0, 0.05) is 25.6 Å². The standard InChI is InChI=1S/C14H29N3O/c1-4-17(14(18)9-10-16(2)3)13-8-6-5-7-12(13)11-15/h12-13H,4-11,15H2,1-3H3. The molecule has 18 heavy (non-hydrogen) atoms. The Morgan fingerprint density at radius 3 is 2.50 bits per heavy atom. The molecule has 1 rings (SSSR count). The van der Waals surface area contributed by atoms with Crippen molar-refractivity contribution in [3.8, 4) is 0 Å². The van der Waals surface area contributed by atoms with Crippen LogP contribution in [0.2, 0.25) is 0 Å². The minimum atomic E-state index is 0.288. The van der Waals surface area contributed by atoms with Crippen LogP contribution in [0.3, 0.4) is 0 Å². The molecule has 106 valence electrons. The lowest BCUT2D eigenvalue weighted by Gasteiger charge is -2.39. The quantitative estimate of drug-likeness (QED) is 0.778. The summed E-state index contributed by atoms with van der Waals surface area (Å²) in [6.45, 7) is 4.43. The summed E-state index contributed by atoms with van der Waals surface area (Å²) < 4.78 is 0. The predicted molar refractivity (Wildman–Crippen MR) is 75.4 cm³/mol. The molecule has 0 spiro atoms. The number of carbonyl (C=O) groups excluding carboxylic acids is 1. The van der Waals surface area contributed by atoms with Crippen molar-refractivity contribution in [1.29, 1.82) is 0 Å². The maximum atomic E-state index is 12.3. The molecule has 1 saturated carbocycles. The number of amides is 1. The molecular formula is C14H29N3O. The fourth-order valence-corrected chi connectivity index (χ4v) is 2.93. The van der Waals surface area contributed by atoms with Gasteiger partial charge in [0.1, 0.15) is 0 Å². The van der Waals surface area contributed by atoms with Gasteiger partial charge in [-0.1, -0.05) is 12.8 Å². The molecule has 0 aliphatic heterocycles. The molecule has 0 aromatic rings. The lowest BCUT2D eigenvalue weighted by atomic mass is 9.83. The fourth-order valence-electron chi connectivity index (χ4n) is 2.93. The van der Waals surface area contributed by atoms with Gasteiger partial charge in [0.05, 0.1) is 0 Å². The summed E-state index contributed by atoms with van der Waals surface area (Å²) in [5.74, 6) is 0.790. The van der Waals surface area contributed by atoms with E-state index in [2.05, 4.69) is 16.7 Å². The number of carbonyl (C=O) groups is 1. The largest absolute Gasteiger partial charge is 0.340 e. The van der Waals surface area contributed by atoms with Crippen molar-refractivity contribution in [2.45, 2.75) is 45.1 Å². The minimum Gasteiger partial charge on any atom is -0.340 e. The second-order valence-electron chi connectivity index (χ2n) is 5.58. The van der Waals surface area contributed by atoms with E-state index >= 15 is 0 Å². The smallest absolute Gasteiger partial charge is 0.224 e. The van der Waals surface area contributed by atoms with Crippen LogP contribution in [0.4, 0.5) is 0 Å². The van der Waals surface area contributed by atoms with E-state index in [0.717, 1.165) is 19.5 Å². The molecule has 2 atom stereocenters. The third-order valence-electron chi connectivity index (χ3n) is 4.01. The first kappa shape index (κ1) is 15.4. The molecule has 0 bridgehead atoms. The van der Waals surface area contributed by atoms with Crippen molar-refractivity contribution in [1.82, 2.24) is 9.80 Å². The summed E-state index contributed by atoms with van der Waals surface area (Å²) >= 11 is 0. The van der Waals surface area contributed by atoms with E-state index < -0.39 is 0 Å². The predicted octanol–water partition coefficient (Wildman–Crippen LogP) is 1.30. The summed E-state index contributed by atoms with van der Waals surface area (Å²) in [6, 6.07) is 0.378. The molecular weight excluding hydrogens is 226 g/mol. The molecule has 0 aromatic carbocycles. The Bertz CT molecular complexity index is 255. The maximum absolute atomic E-state index is 12.3. The highest BCUT2D eigenvalue weighted by atomic mass is 16.2. The van der Waals surface area contributed by atoms with Crippen LogP contribution in [0.1, 0.15) is 39.0 Å². The molecule has 2 unspecified atom stereocenters. The third-order valence-corrected chi connectivity index (χ3v) is 4.01. The highest BCUT2D eigenvalue weighted by molar-refractivity contribution is 5.76. The zero-order valence-electron chi connectivity index (χ0n) is 12.2. The Kier molecular flexibility index (Phi) is 6.65. The van der Waals surface area contributed by atoms with Crippen LogP contribution in [0, 0.1) is 5.92 Å². The highest BCUT2D eigenvalue weighted by Gasteiger charge is 2.30. The minimum absolute atomic E-state index is 0.288. The monoisotopic (exact) mass is 255 g/mol. The first-order valence-corrected chi connectivity index (χ1v) is 7.24. The number of hydrogen-bond acceptors (Lipinski definition) is 3. The summed E-state index contributed by atoms with van der Waals surface area (Å²) in [7, 11) is 4.01. The molecule has 0 radical (unpaired) electrons. The van der Waals surface area contributed by atoms with E-state index in [1.807, 2.05) is 14.1 Å². The molecule has 1 aliphatic carbocycles. The first-order chi connectivity index (χ1) is 8.60. The van der Waals surface area contributed by atoms with Gasteiger partial charge in [0.15, 0.2) is 0 Å². The van der Waals surface area contributed by atoms with Gasteiger partial charge in [-0.2, -0.15) is 0 Å². The molecule has 1 fully saturated rings. The normalized spacial score (nSPS) is 24.3. The second kappa shape index (κ2) is 7.74. The summed E-state index contributed by atoms with van der Waals surface area (Å²) in [5.41, 5.74) is 5.86. The van der Waals surface area contributed by atoms with Crippen LogP contribution in [0.25, 0.3) is 0 Å². The second-order valence-corrected chi connectivity index (χ2v) is 5.58. The Morgan fingerprint density at radius 1 is 1.28 bits per heavy atom. The van der Waals surface area contributed by atoms with Crippen LogP contribution >= 0.6 is 0 Å². The van der Waals surface area contributed by atoms with Crippen molar-refractivity contribution in [2.24, 2.45) is 11.7 Å². The highest BCUT2D eigenvalue weighted by Crippen LogP contribution is 2.28.